The van der Waals surface area contributed by atoms with Crippen LogP contribution in [0.3, 0.4) is 0 Å². The molecule has 0 saturated carbocycles. The maximum absolute atomic E-state index is 5.17. The maximum atomic E-state index is 5.17. The minimum atomic E-state index is 0.640. The van der Waals surface area contributed by atoms with Crippen molar-refractivity contribution in [1.29, 1.82) is 0 Å². The fourth-order valence-electron chi connectivity index (χ4n) is 5.36. The lowest BCUT2D eigenvalue weighted by molar-refractivity contribution is 0.997. The first-order chi connectivity index (χ1) is 18.8. The van der Waals surface area contributed by atoms with Crippen molar-refractivity contribution in [2.24, 2.45) is 0 Å². The van der Waals surface area contributed by atoms with Crippen molar-refractivity contribution in [2.75, 3.05) is 0 Å². The Kier molecular flexibility index (Phi) is 4.66. The number of benzene rings is 4. The van der Waals surface area contributed by atoms with Gasteiger partial charge in [0.1, 0.15) is 0 Å². The number of aromatic nitrogens is 4. The molecule has 4 heterocycles. The van der Waals surface area contributed by atoms with Crippen LogP contribution in [0.25, 0.3) is 70.6 Å². The van der Waals surface area contributed by atoms with E-state index in [4.69, 9.17) is 15.0 Å². The summed E-state index contributed by atoms with van der Waals surface area (Å²) in [4.78, 5) is 15.3. The van der Waals surface area contributed by atoms with Crippen molar-refractivity contribution < 1.29 is 0 Å². The second-order valence-corrected chi connectivity index (χ2v) is 10.4. The molecule has 8 rings (SSSR count). The van der Waals surface area contributed by atoms with Gasteiger partial charge in [0.15, 0.2) is 0 Å². The van der Waals surface area contributed by atoms with Crippen molar-refractivity contribution in [3.8, 4) is 28.5 Å². The monoisotopic (exact) mass is 504 g/mol. The molecule has 8 aromatic rings. The SMILES string of the molecule is c1ccc(-c2cc(-c3ccccc3)nc(-n3c4ccccc4c4ncc5sc6ccccc6c5c43)n2)cc1. The number of thiophene rings is 1. The number of hydrogen-bond donors (Lipinski definition) is 0. The van der Waals surface area contributed by atoms with Gasteiger partial charge in [-0.3, -0.25) is 9.55 Å². The van der Waals surface area contributed by atoms with Gasteiger partial charge in [-0.15, -0.1) is 11.3 Å². The van der Waals surface area contributed by atoms with Crippen LogP contribution in [0.1, 0.15) is 0 Å². The zero-order valence-electron chi connectivity index (χ0n) is 20.2. The minimum Gasteiger partial charge on any atom is -0.276 e. The van der Waals surface area contributed by atoms with Crippen LogP contribution in [0.2, 0.25) is 0 Å². The standard InChI is InChI=1S/C33H20N4S/c1-3-11-21(12-4-1)25-19-26(22-13-5-2-6-14-22)36-33(35-25)37-27-17-9-7-15-23(27)31-32(37)30-24-16-8-10-18-28(24)38-29(30)20-34-31/h1-20H. The lowest BCUT2D eigenvalue weighted by atomic mass is 10.1. The summed E-state index contributed by atoms with van der Waals surface area (Å²) in [6.45, 7) is 0. The quantitative estimate of drug-likeness (QED) is 0.242. The lowest BCUT2D eigenvalue weighted by Gasteiger charge is -2.12. The third-order valence-corrected chi connectivity index (χ3v) is 8.18. The molecule has 0 bridgehead atoms. The average molecular weight is 505 g/mol. The highest BCUT2D eigenvalue weighted by Crippen LogP contribution is 2.41. The largest absolute Gasteiger partial charge is 0.276 e. The van der Waals surface area contributed by atoms with Gasteiger partial charge >= 0.3 is 0 Å². The number of rotatable bonds is 3. The Hall–Kier alpha value is -4.87. The Morgan fingerprint density at radius 2 is 1.18 bits per heavy atom. The van der Waals surface area contributed by atoms with E-state index in [2.05, 4.69) is 83.4 Å². The molecular formula is C33H20N4S. The van der Waals surface area contributed by atoms with E-state index in [0.29, 0.717) is 5.95 Å². The minimum absolute atomic E-state index is 0.640. The van der Waals surface area contributed by atoms with Crippen LogP contribution in [0, 0.1) is 0 Å². The van der Waals surface area contributed by atoms with Gasteiger partial charge in [0.2, 0.25) is 5.95 Å². The predicted octanol–water partition coefficient (Wildman–Crippen LogP) is 8.67. The number of fused-ring (bicyclic) bond motifs is 7. The third kappa shape index (κ3) is 3.19. The lowest BCUT2D eigenvalue weighted by Crippen LogP contribution is -2.04. The van der Waals surface area contributed by atoms with Gasteiger partial charge in [-0.25, -0.2) is 9.97 Å². The second kappa shape index (κ2) is 8.33. The second-order valence-electron chi connectivity index (χ2n) is 9.32. The van der Waals surface area contributed by atoms with E-state index in [1.54, 1.807) is 11.3 Å². The molecule has 0 fully saturated rings. The normalized spacial score (nSPS) is 11.7. The van der Waals surface area contributed by atoms with Crippen LogP contribution in [0.15, 0.2) is 121 Å². The highest BCUT2D eigenvalue weighted by atomic mass is 32.1. The molecule has 38 heavy (non-hydrogen) atoms. The van der Waals surface area contributed by atoms with Crippen molar-refractivity contribution in [3.63, 3.8) is 0 Å². The Bertz CT molecular complexity index is 2070. The van der Waals surface area contributed by atoms with E-state index in [1.165, 1.54) is 15.5 Å². The summed E-state index contributed by atoms with van der Waals surface area (Å²) in [5, 5.41) is 3.52. The van der Waals surface area contributed by atoms with E-state index in [0.717, 1.165) is 49.2 Å². The van der Waals surface area contributed by atoms with E-state index in [1.807, 2.05) is 42.6 Å². The van der Waals surface area contributed by atoms with Gasteiger partial charge in [-0.05, 0) is 18.2 Å². The molecule has 0 atom stereocenters. The summed E-state index contributed by atoms with van der Waals surface area (Å²) in [6, 6.07) is 39.7. The molecule has 5 heteroatoms. The van der Waals surface area contributed by atoms with Crippen LogP contribution in [-0.2, 0) is 0 Å². The zero-order chi connectivity index (χ0) is 25.1. The van der Waals surface area contributed by atoms with E-state index in [-0.39, 0.29) is 0 Å². The summed E-state index contributed by atoms with van der Waals surface area (Å²) in [5.41, 5.74) is 6.93. The first-order valence-corrected chi connectivity index (χ1v) is 13.4. The highest BCUT2D eigenvalue weighted by molar-refractivity contribution is 7.26. The summed E-state index contributed by atoms with van der Waals surface area (Å²) >= 11 is 1.77. The Morgan fingerprint density at radius 1 is 0.579 bits per heavy atom. The highest BCUT2D eigenvalue weighted by Gasteiger charge is 2.21. The average Bonchev–Trinajstić information content (AvgIpc) is 3.53. The first-order valence-electron chi connectivity index (χ1n) is 12.5. The molecular weight excluding hydrogens is 484 g/mol. The van der Waals surface area contributed by atoms with Crippen LogP contribution < -0.4 is 0 Å². The van der Waals surface area contributed by atoms with E-state index < -0.39 is 0 Å². The molecule has 0 aliphatic heterocycles. The molecule has 0 amide bonds. The molecule has 0 saturated heterocycles. The van der Waals surface area contributed by atoms with Crippen LogP contribution in [0.5, 0.6) is 0 Å². The van der Waals surface area contributed by atoms with Crippen molar-refractivity contribution in [3.05, 3.63) is 121 Å². The first kappa shape index (κ1) is 21.2. The van der Waals surface area contributed by atoms with Gasteiger partial charge in [0.05, 0.1) is 32.6 Å². The predicted molar refractivity (Wildman–Crippen MR) is 158 cm³/mol. The molecule has 0 unspecified atom stereocenters. The van der Waals surface area contributed by atoms with Crippen molar-refractivity contribution >= 4 is 53.4 Å². The molecule has 0 N–H and O–H groups in total. The maximum Gasteiger partial charge on any atom is 0.235 e. The van der Waals surface area contributed by atoms with Crippen LogP contribution in [0.4, 0.5) is 0 Å². The number of hydrogen-bond acceptors (Lipinski definition) is 4. The van der Waals surface area contributed by atoms with Gasteiger partial charge in [0, 0.05) is 38.2 Å². The van der Waals surface area contributed by atoms with E-state index >= 15 is 0 Å². The van der Waals surface area contributed by atoms with Crippen molar-refractivity contribution in [2.45, 2.75) is 0 Å². The molecule has 0 aliphatic carbocycles. The smallest absolute Gasteiger partial charge is 0.235 e. The molecule has 4 nitrogen and oxygen atoms in total. The van der Waals surface area contributed by atoms with Gasteiger partial charge in [-0.1, -0.05) is 97.1 Å². The topological polar surface area (TPSA) is 43.6 Å². The molecule has 0 radical (unpaired) electrons. The number of nitrogens with zero attached hydrogens (tertiary/aromatic N) is 4. The molecule has 4 aromatic heterocycles. The molecule has 0 aliphatic rings. The van der Waals surface area contributed by atoms with Crippen molar-refractivity contribution in [1.82, 2.24) is 19.5 Å². The Morgan fingerprint density at radius 3 is 1.89 bits per heavy atom. The molecule has 4 aromatic carbocycles. The van der Waals surface area contributed by atoms with E-state index in [9.17, 15) is 0 Å². The third-order valence-electron chi connectivity index (χ3n) is 7.07. The van der Waals surface area contributed by atoms with Crippen LogP contribution >= 0.6 is 11.3 Å². The van der Waals surface area contributed by atoms with Gasteiger partial charge in [-0.2, -0.15) is 0 Å². The summed E-state index contributed by atoms with van der Waals surface area (Å²) in [7, 11) is 0. The fraction of sp³-hybridized carbons (Fsp3) is 0. The summed E-state index contributed by atoms with van der Waals surface area (Å²) < 4.78 is 4.61. The Labute approximate surface area is 222 Å². The fourth-order valence-corrected chi connectivity index (χ4v) is 6.44. The number of pyridine rings is 1. The molecule has 178 valence electrons. The van der Waals surface area contributed by atoms with Gasteiger partial charge < -0.3 is 0 Å². The Balaban J connectivity index is 1.54. The van der Waals surface area contributed by atoms with Crippen LogP contribution in [-0.4, -0.2) is 19.5 Å². The zero-order valence-corrected chi connectivity index (χ0v) is 21.1. The number of para-hydroxylation sites is 1. The summed E-state index contributed by atoms with van der Waals surface area (Å²) in [6.07, 6.45) is 2.01. The van der Waals surface area contributed by atoms with Gasteiger partial charge in [0.25, 0.3) is 0 Å². The summed E-state index contributed by atoms with van der Waals surface area (Å²) in [5.74, 6) is 0.640. The molecule has 0 spiro atoms.